The lowest BCUT2D eigenvalue weighted by Gasteiger charge is -2.60. The number of hydrogen-bond donors (Lipinski definition) is 0. The van der Waals surface area contributed by atoms with Crippen LogP contribution in [0.3, 0.4) is 0 Å². The van der Waals surface area contributed by atoms with Crippen LogP contribution in [0.1, 0.15) is 45.1 Å². The van der Waals surface area contributed by atoms with Crippen LogP contribution in [0.25, 0.3) is 0 Å². The first-order valence-electron chi connectivity index (χ1n) is 7.22. The Morgan fingerprint density at radius 1 is 1.17 bits per heavy atom. The van der Waals surface area contributed by atoms with Gasteiger partial charge >= 0.3 is 0 Å². The molecule has 2 bridgehead atoms. The van der Waals surface area contributed by atoms with E-state index in [0.717, 1.165) is 29.7 Å². The van der Waals surface area contributed by atoms with Crippen molar-refractivity contribution in [1.82, 2.24) is 0 Å². The van der Waals surface area contributed by atoms with Gasteiger partial charge in [0.1, 0.15) is 0 Å². The predicted octanol–water partition coefficient (Wildman–Crippen LogP) is 4.50. The van der Waals surface area contributed by atoms with Gasteiger partial charge in [-0.2, -0.15) is 0 Å². The zero-order valence-electron chi connectivity index (χ0n) is 11.4. The van der Waals surface area contributed by atoms with E-state index in [0.29, 0.717) is 5.41 Å². The van der Waals surface area contributed by atoms with Crippen LogP contribution in [0.15, 0.2) is 30.3 Å². The van der Waals surface area contributed by atoms with Crippen molar-refractivity contribution in [2.75, 3.05) is 0 Å². The molecule has 3 atom stereocenters. The van der Waals surface area contributed by atoms with Crippen molar-refractivity contribution in [3.8, 4) is 11.8 Å². The molecule has 0 heterocycles. The van der Waals surface area contributed by atoms with E-state index in [1.807, 2.05) is 6.07 Å². The normalized spacial score (nSPS) is 32.0. The van der Waals surface area contributed by atoms with Gasteiger partial charge in [0.25, 0.3) is 0 Å². The number of fused-ring (bicyclic) bond motifs is 2. The molecule has 3 saturated carbocycles. The maximum atomic E-state index is 3.41. The Kier molecular flexibility index (Phi) is 2.94. The van der Waals surface area contributed by atoms with Crippen molar-refractivity contribution in [2.24, 2.45) is 23.2 Å². The van der Waals surface area contributed by atoms with Crippen LogP contribution in [-0.4, -0.2) is 0 Å². The monoisotopic (exact) mass is 238 g/mol. The van der Waals surface area contributed by atoms with Gasteiger partial charge in [0.15, 0.2) is 0 Å². The van der Waals surface area contributed by atoms with Crippen LogP contribution in [0.5, 0.6) is 0 Å². The second-order valence-electron chi connectivity index (χ2n) is 6.57. The van der Waals surface area contributed by atoms with E-state index in [4.69, 9.17) is 0 Å². The molecule has 1 aromatic carbocycles. The maximum Gasteiger partial charge on any atom is 0.0245 e. The van der Waals surface area contributed by atoms with Gasteiger partial charge in [-0.25, -0.2) is 0 Å². The van der Waals surface area contributed by atoms with Gasteiger partial charge in [0.2, 0.25) is 0 Å². The summed E-state index contributed by atoms with van der Waals surface area (Å²) in [4.78, 5) is 0. The van der Waals surface area contributed by atoms with Gasteiger partial charge < -0.3 is 0 Å². The first-order chi connectivity index (χ1) is 8.68. The Balaban J connectivity index is 1.63. The van der Waals surface area contributed by atoms with Crippen LogP contribution >= 0.6 is 0 Å². The minimum absolute atomic E-state index is 0.595. The second-order valence-corrected chi connectivity index (χ2v) is 6.57. The van der Waals surface area contributed by atoms with Crippen LogP contribution < -0.4 is 0 Å². The van der Waals surface area contributed by atoms with E-state index in [2.05, 4.69) is 50.0 Å². The standard InChI is InChI=1S/C18H22/c1-18(2)16-12-11-15(17(18)13-16)10-6-9-14-7-4-3-5-8-14/h3-5,7-8,15-17H,10-13H2,1-2H3/t15?,16-,17-/m1/s1. The van der Waals surface area contributed by atoms with Crippen molar-refractivity contribution in [1.29, 1.82) is 0 Å². The van der Waals surface area contributed by atoms with E-state index in [1.54, 1.807) is 0 Å². The SMILES string of the molecule is CC1(C)[C@@H]2CCC(CC#Cc3ccccc3)[C@H]1C2. The Labute approximate surface area is 111 Å². The van der Waals surface area contributed by atoms with Crippen LogP contribution in [0.4, 0.5) is 0 Å². The summed E-state index contributed by atoms with van der Waals surface area (Å²) < 4.78 is 0. The van der Waals surface area contributed by atoms with Gasteiger partial charge in [0.05, 0.1) is 0 Å². The fourth-order valence-electron chi connectivity index (χ4n) is 4.01. The fraction of sp³-hybridized carbons (Fsp3) is 0.556. The lowest BCUT2D eigenvalue weighted by Crippen LogP contribution is -2.52. The van der Waals surface area contributed by atoms with Gasteiger partial charge in [-0.1, -0.05) is 43.9 Å². The summed E-state index contributed by atoms with van der Waals surface area (Å²) >= 11 is 0. The Hall–Kier alpha value is -1.22. The molecule has 0 spiro atoms. The molecule has 0 N–H and O–H groups in total. The predicted molar refractivity (Wildman–Crippen MR) is 76.0 cm³/mol. The zero-order valence-corrected chi connectivity index (χ0v) is 11.4. The fourth-order valence-corrected chi connectivity index (χ4v) is 4.01. The van der Waals surface area contributed by atoms with Crippen LogP contribution in [-0.2, 0) is 0 Å². The second kappa shape index (κ2) is 4.47. The highest BCUT2D eigenvalue weighted by molar-refractivity contribution is 5.33. The summed E-state index contributed by atoms with van der Waals surface area (Å²) in [5, 5.41) is 0. The lowest BCUT2D eigenvalue weighted by molar-refractivity contribution is -0.103. The van der Waals surface area contributed by atoms with E-state index in [-0.39, 0.29) is 0 Å². The molecular formula is C18H22. The van der Waals surface area contributed by atoms with Gasteiger partial charge in [-0.15, -0.1) is 0 Å². The third-order valence-corrected chi connectivity index (χ3v) is 5.37. The molecule has 0 amide bonds. The molecule has 3 aliphatic rings. The number of rotatable bonds is 1. The minimum atomic E-state index is 0.595. The molecule has 1 unspecified atom stereocenters. The molecule has 18 heavy (non-hydrogen) atoms. The molecule has 94 valence electrons. The van der Waals surface area contributed by atoms with E-state index >= 15 is 0 Å². The molecular weight excluding hydrogens is 216 g/mol. The van der Waals surface area contributed by atoms with Crippen molar-refractivity contribution in [3.63, 3.8) is 0 Å². The molecule has 0 heteroatoms. The molecule has 0 saturated heterocycles. The smallest absolute Gasteiger partial charge is 0.0245 e. The van der Waals surface area contributed by atoms with E-state index < -0.39 is 0 Å². The Morgan fingerprint density at radius 2 is 1.94 bits per heavy atom. The van der Waals surface area contributed by atoms with Crippen molar-refractivity contribution < 1.29 is 0 Å². The highest BCUT2D eigenvalue weighted by atomic mass is 14.6. The van der Waals surface area contributed by atoms with Crippen molar-refractivity contribution in [3.05, 3.63) is 35.9 Å². The first kappa shape index (κ1) is 11.8. The number of hydrogen-bond acceptors (Lipinski definition) is 0. The van der Waals surface area contributed by atoms with Crippen molar-refractivity contribution in [2.45, 2.75) is 39.5 Å². The maximum absolute atomic E-state index is 3.41. The first-order valence-corrected chi connectivity index (χ1v) is 7.22. The largest absolute Gasteiger partial charge is 0.0976 e. The molecule has 4 rings (SSSR count). The molecule has 0 radical (unpaired) electrons. The summed E-state index contributed by atoms with van der Waals surface area (Å²) in [6.07, 6.45) is 5.39. The summed E-state index contributed by atoms with van der Waals surface area (Å²) in [5.41, 5.74) is 1.75. The lowest BCUT2D eigenvalue weighted by atomic mass is 9.45. The van der Waals surface area contributed by atoms with Crippen molar-refractivity contribution >= 4 is 0 Å². The molecule has 1 aromatic rings. The average molecular weight is 238 g/mol. The molecule has 3 aliphatic carbocycles. The van der Waals surface area contributed by atoms with Crippen LogP contribution in [0.2, 0.25) is 0 Å². The highest BCUT2D eigenvalue weighted by Gasteiger charge is 2.53. The molecule has 0 aliphatic heterocycles. The average Bonchev–Trinajstić information content (AvgIpc) is 2.40. The third kappa shape index (κ3) is 1.97. The van der Waals surface area contributed by atoms with E-state index in [1.165, 1.54) is 19.3 Å². The van der Waals surface area contributed by atoms with Gasteiger partial charge in [-0.05, 0) is 54.6 Å². The number of benzene rings is 1. The molecule has 0 aromatic heterocycles. The Bertz CT molecular complexity index is 470. The molecule has 3 fully saturated rings. The molecule has 0 nitrogen and oxygen atoms in total. The summed E-state index contributed by atoms with van der Waals surface area (Å²) in [5.74, 6) is 9.50. The quantitative estimate of drug-likeness (QED) is 0.632. The topological polar surface area (TPSA) is 0 Å². The third-order valence-electron chi connectivity index (χ3n) is 5.37. The summed E-state index contributed by atoms with van der Waals surface area (Å²) in [6.45, 7) is 4.92. The highest BCUT2D eigenvalue weighted by Crippen LogP contribution is 2.61. The van der Waals surface area contributed by atoms with E-state index in [9.17, 15) is 0 Å². The van der Waals surface area contributed by atoms with Gasteiger partial charge in [-0.3, -0.25) is 0 Å². The van der Waals surface area contributed by atoms with Crippen LogP contribution in [0, 0.1) is 35.0 Å². The van der Waals surface area contributed by atoms with Gasteiger partial charge in [0, 0.05) is 12.0 Å². The minimum Gasteiger partial charge on any atom is -0.0976 e. The summed E-state index contributed by atoms with van der Waals surface area (Å²) in [7, 11) is 0. The summed E-state index contributed by atoms with van der Waals surface area (Å²) in [6, 6.07) is 10.4. The zero-order chi connectivity index (χ0) is 12.6. The Morgan fingerprint density at radius 3 is 2.61 bits per heavy atom.